The SMILES string of the molecule is CC(C)Cc1ccn2nccc2n1. The van der Waals surface area contributed by atoms with Crippen molar-refractivity contribution in [3.63, 3.8) is 0 Å². The molecule has 0 aliphatic carbocycles. The predicted octanol–water partition coefficient (Wildman–Crippen LogP) is 1.93. The van der Waals surface area contributed by atoms with Crippen molar-refractivity contribution >= 4 is 5.65 Å². The van der Waals surface area contributed by atoms with Gasteiger partial charge >= 0.3 is 0 Å². The van der Waals surface area contributed by atoms with Crippen molar-refractivity contribution < 1.29 is 0 Å². The second-order valence-electron chi connectivity index (χ2n) is 3.65. The van der Waals surface area contributed by atoms with Gasteiger partial charge in [0.2, 0.25) is 0 Å². The highest BCUT2D eigenvalue weighted by Gasteiger charge is 2.00. The van der Waals surface area contributed by atoms with E-state index in [1.807, 2.05) is 18.3 Å². The van der Waals surface area contributed by atoms with Crippen LogP contribution in [0, 0.1) is 5.92 Å². The third kappa shape index (κ3) is 1.69. The summed E-state index contributed by atoms with van der Waals surface area (Å²) in [5.74, 6) is 0.651. The number of aromatic nitrogens is 3. The fourth-order valence-corrected chi connectivity index (χ4v) is 1.38. The van der Waals surface area contributed by atoms with Gasteiger partial charge in [0.15, 0.2) is 5.65 Å². The van der Waals surface area contributed by atoms with Crippen molar-refractivity contribution in [2.75, 3.05) is 0 Å². The first-order chi connectivity index (χ1) is 6.25. The van der Waals surface area contributed by atoms with E-state index in [1.165, 1.54) is 0 Å². The molecule has 0 fully saturated rings. The fourth-order valence-electron chi connectivity index (χ4n) is 1.38. The molecule has 68 valence electrons. The molecule has 2 heterocycles. The summed E-state index contributed by atoms with van der Waals surface area (Å²) >= 11 is 0. The standard InChI is InChI=1S/C10H13N3/c1-8(2)7-9-4-6-13-10(12-9)3-5-11-13/h3-6,8H,7H2,1-2H3. The minimum atomic E-state index is 0.651. The van der Waals surface area contributed by atoms with E-state index in [9.17, 15) is 0 Å². The summed E-state index contributed by atoms with van der Waals surface area (Å²) in [6.45, 7) is 4.39. The molecule has 0 atom stereocenters. The summed E-state index contributed by atoms with van der Waals surface area (Å²) in [6.07, 6.45) is 4.75. The summed E-state index contributed by atoms with van der Waals surface area (Å²) in [7, 11) is 0. The van der Waals surface area contributed by atoms with Crippen molar-refractivity contribution in [1.29, 1.82) is 0 Å². The molecule has 0 aliphatic heterocycles. The fraction of sp³-hybridized carbons (Fsp3) is 0.400. The van der Waals surface area contributed by atoms with Gasteiger partial charge in [0, 0.05) is 18.0 Å². The second-order valence-corrected chi connectivity index (χ2v) is 3.65. The summed E-state index contributed by atoms with van der Waals surface area (Å²) in [5.41, 5.74) is 2.07. The molecule has 0 saturated carbocycles. The Morgan fingerprint density at radius 3 is 3.00 bits per heavy atom. The molecule has 2 rings (SSSR count). The minimum absolute atomic E-state index is 0.651. The zero-order chi connectivity index (χ0) is 9.26. The molecule has 0 aromatic carbocycles. The number of nitrogens with zero attached hydrogens (tertiary/aromatic N) is 3. The normalized spacial score (nSPS) is 11.3. The molecule has 0 aliphatic rings. The molecule has 0 spiro atoms. The van der Waals surface area contributed by atoms with Crippen molar-refractivity contribution in [3.05, 3.63) is 30.2 Å². The van der Waals surface area contributed by atoms with Gasteiger partial charge in [-0.1, -0.05) is 13.8 Å². The molecule has 3 nitrogen and oxygen atoms in total. The molecule has 3 heteroatoms. The van der Waals surface area contributed by atoms with Gasteiger partial charge in [-0.15, -0.1) is 0 Å². The van der Waals surface area contributed by atoms with Crippen LogP contribution in [0.4, 0.5) is 0 Å². The van der Waals surface area contributed by atoms with E-state index >= 15 is 0 Å². The molecule has 2 aromatic rings. The first kappa shape index (κ1) is 8.23. The predicted molar refractivity (Wildman–Crippen MR) is 51.5 cm³/mol. The number of rotatable bonds is 2. The van der Waals surface area contributed by atoms with E-state index in [0.29, 0.717) is 5.92 Å². The Morgan fingerprint density at radius 1 is 1.38 bits per heavy atom. The lowest BCUT2D eigenvalue weighted by Gasteiger charge is -2.03. The average Bonchev–Trinajstić information content (AvgIpc) is 2.49. The molecular weight excluding hydrogens is 162 g/mol. The summed E-state index contributed by atoms with van der Waals surface area (Å²) in [4.78, 5) is 4.48. The van der Waals surface area contributed by atoms with Crippen LogP contribution in [-0.2, 0) is 6.42 Å². The van der Waals surface area contributed by atoms with Gasteiger partial charge in [-0.3, -0.25) is 0 Å². The summed E-state index contributed by atoms with van der Waals surface area (Å²) in [5, 5.41) is 4.09. The Morgan fingerprint density at radius 2 is 2.23 bits per heavy atom. The summed E-state index contributed by atoms with van der Waals surface area (Å²) in [6, 6.07) is 3.95. The van der Waals surface area contributed by atoms with E-state index in [4.69, 9.17) is 0 Å². The van der Waals surface area contributed by atoms with E-state index in [0.717, 1.165) is 17.8 Å². The van der Waals surface area contributed by atoms with Crippen LogP contribution in [0.2, 0.25) is 0 Å². The highest BCUT2D eigenvalue weighted by atomic mass is 15.2. The molecule has 2 aromatic heterocycles. The Labute approximate surface area is 77.4 Å². The zero-order valence-electron chi connectivity index (χ0n) is 7.94. The monoisotopic (exact) mass is 175 g/mol. The van der Waals surface area contributed by atoms with Gasteiger partial charge in [0.1, 0.15) is 0 Å². The van der Waals surface area contributed by atoms with Crippen molar-refractivity contribution in [3.8, 4) is 0 Å². The molecular formula is C10H13N3. The maximum Gasteiger partial charge on any atom is 0.155 e. The molecule has 0 amide bonds. The largest absolute Gasteiger partial charge is 0.234 e. The Hall–Kier alpha value is -1.38. The molecule has 13 heavy (non-hydrogen) atoms. The molecule has 0 N–H and O–H groups in total. The molecule has 0 unspecified atom stereocenters. The maximum atomic E-state index is 4.48. The maximum absolute atomic E-state index is 4.48. The quantitative estimate of drug-likeness (QED) is 0.698. The minimum Gasteiger partial charge on any atom is -0.234 e. The first-order valence-corrected chi connectivity index (χ1v) is 4.55. The van der Waals surface area contributed by atoms with Crippen molar-refractivity contribution in [1.82, 2.24) is 14.6 Å². The van der Waals surface area contributed by atoms with Gasteiger partial charge in [-0.2, -0.15) is 5.10 Å². The number of hydrogen-bond donors (Lipinski definition) is 0. The van der Waals surface area contributed by atoms with E-state index < -0.39 is 0 Å². The van der Waals surface area contributed by atoms with Crippen LogP contribution in [0.5, 0.6) is 0 Å². The van der Waals surface area contributed by atoms with Crippen LogP contribution in [0.3, 0.4) is 0 Å². The van der Waals surface area contributed by atoms with Crippen LogP contribution < -0.4 is 0 Å². The van der Waals surface area contributed by atoms with E-state index in [-0.39, 0.29) is 0 Å². The highest BCUT2D eigenvalue weighted by molar-refractivity contribution is 5.36. The topological polar surface area (TPSA) is 30.2 Å². The average molecular weight is 175 g/mol. The van der Waals surface area contributed by atoms with E-state index in [1.54, 1.807) is 10.7 Å². The van der Waals surface area contributed by atoms with Crippen LogP contribution in [0.15, 0.2) is 24.5 Å². The Bertz CT molecular complexity index is 403. The van der Waals surface area contributed by atoms with Crippen molar-refractivity contribution in [2.24, 2.45) is 5.92 Å². The number of fused-ring (bicyclic) bond motifs is 1. The molecule has 0 bridgehead atoms. The summed E-state index contributed by atoms with van der Waals surface area (Å²) < 4.78 is 1.78. The highest BCUT2D eigenvalue weighted by Crippen LogP contribution is 2.06. The van der Waals surface area contributed by atoms with E-state index in [2.05, 4.69) is 23.9 Å². The lowest BCUT2D eigenvalue weighted by Crippen LogP contribution is -1.99. The third-order valence-corrected chi connectivity index (χ3v) is 1.93. The first-order valence-electron chi connectivity index (χ1n) is 4.55. The van der Waals surface area contributed by atoms with Crippen LogP contribution >= 0.6 is 0 Å². The Kier molecular flexibility index (Phi) is 2.00. The van der Waals surface area contributed by atoms with Gasteiger partial charge in [-0.05, 0) is 18.4 Å². The van der Waals surface area contributed by atoms with Gasteiger partial charge in [0.25, 0.3) is 0 Å². The van der Waals surface area contributed by atoms with Crippen molar-refractivity contribution in [2.45, 2.75) is 20.3 Å². The number of hydrogen-bond acceptors (Lipinski definition) is 2. The van der Waals surface area contributed by atoms with Gasteiger partial charge < -0.3 is 0 Å². The zero-order valence-corrected chi connectivity index (χ0v) is 7.94. The van der Waals surface area contributed by atoms with Crippen LogP contribution in [0.25, 0.3) is 5.65 Å². The van der Waals surface area contributed by atoms with Crippen LogP contribution in [0.1, 0.15) is 19.5 Å². The van der Waals surface area contributed by atoms with Crippen LogP contribution in [-0.4, -0.2) is 14.6 Å². The second kappa shape index (κ2) is 3.17. The Balaban J connectivity index is 2.37. The van der Waals surface area contributed by atoms with Gasteiger partial charge in [0.05, 0.1) is 6.20 Å². The molecule has 0 saturated heterocycles. The third-order valence-electron chi connectivity index (χ3n) is 1.93. The smallest absolute Gasteiger partial charge is 0.155 e. The van der Waals surface area contributed by atoms with Gasteiger partial charge in [-0.25, -0.2) is 9.50 Å². The lowest BCUT2D eigenvalue weighted by molar-refractivity contribution is 0.634. The lowest BCUT2D eigenvalue weighted by atomic mass is 10.1. The molecule has 0 radical (unpaired) electrons.